The molecule has 0 aliphatic rings. The van der Waals surface area contributed by atoms with Gasteiger partial charge in [-0.15, -0.1) is 0 Å². The van der Waals surface area contributed by atoms with Crippen LogP contribution in [-0.2, 0) is 0 Å². The molecule has 0 saturated heterocycles. The molecule has 116 valence electrons. The maximum atomic E-state index is 12.3. The fourth-order valence-corrected chi connectivity index (χ4v) is 3.04. The van der Waals surface area contributed by atoms with E-state index in [1.807, 2.05) is 12.1 Å². The van der Waals surface area contributed by atoms with Crippen molar-refractivity contribution in [3.8, 4) is 0 Å². The molecule has 0 fully saturated rings. The van der Waals surface area contributed by atoms with Gasteiger partial charge in [-0.3, -0.25) is 4.70 Å². The quantitative estimate of drug-likeness (QED) is 0.756. The Morgan fingerprint density at radius 2 is 1.45 bits per heavy atom. The van der Waals surface area contributed by atoms with Gasteiger partial charge in [-0.05, 0) is 18.2 Å². The van der Waals surface area contributed by atoms with Crippen LogP contribution in [0.25, 0.3) is 0 Å². The van der Waals surface area contributed by atoms with Crippen LogP contribution in [0.4, 0.5) is 9.09 Å². The monoisotopic (exact) mass is 416 g/mol. The zero-order valence-corrected chi connectivity index (χ0v) is 14.5. The van der Waals surface area contributed by atoms with Gasteiger partial charge in [0.1, 0.15) is 5.82 Å². The van der Waals surface area contributed by atoms with Crippen molar-refractivity contribution in [2.24, 2.45) is 0 Å². The molecule has 0 aliphatic heterocycles. The van der Waals surface area contributed by atoms with E-state index in [9.17, 15) is 14.0 Å². The first-order chi connectivity index (χ1) is 9.93. The van der Waals surface area contributed by atoms with E-state index in [1.54, 1.807) is 12.1 Å². The molecule has 0 atom stereocenters. The molecule has 7 heteroatoms. The van der Waals surface area contributed by atoms with E-state index in [4.69, 9.17) is 10.2 Å². The third-order valence-electron chi connectivity index (χ3n) is 2.47. The van der Waals surface area contributed by atoms with Crippen LogP contribution in [0.5, 0.6) is 0 Å². The summed E-state index contributed by atoms with van der Waals surface area (Å²) in [6.45, 7) is 0. The van der Waals surface area contributed by atoms with Crippen LogP contribution in [0.3, 0.4) is 0 Å². The predicted octanol–water partition coefficient (Wildman–Crippen LogP) is 2.44. The predicted molar refractivity (Wildman–Crippen MR) is 80.5 cm³/mol. The van der Waals surface area contributed by atoms with Crippen molar-refractivity contribution in [1.29, 1.82) is 0 Å². The first-order valence-corrected chi connectivity index (χ1v) is 10.2. The normalized spacial score (nSPS) is 9.00. The number of hydrogen-bond acceptors (Lipinski definition) is 2. The summed E-state index contributed by atoms with van der Waals surface area (Å²) in [5.74, 6) is -2.47. The van der Waals surface area contributed by atoms with Gasteiger partial charge in [0.2, 0.25) is 0 Å². The van der Waals surface area contributed by atoms with E-state index in [0.29, 0.717) is 5.56 Å². The Labute approximate surface area is 136 Å². The molecule has 2 rings (SSSR count). The second kappa shape index (κ2) is 9.88. The first-order valence-electron chi connectivity index (χ1n) is 5.94. The molecule has 2 aromatic rings. The van der Waals surface area contributed by atoms with Gasteiger partial charge in [-0.1, -0.05) is 6.07 Å². The molecular formula is C15H14F2O4Sn. The van der Waals surface area contributed by atoms with Crippen molar-refractivity contribution in [2.75, 3.05) is 0 Å². The van der Waals surface area contributed by atoms with E-state index in [2.05, 4.69) is 4.94 Å². The molecular weight excluding hydrogens is 401 g/mol. The molecule has 4 nitrogen and oxygen atoms in total. The van der Waals surface area contributed by atoms with Crippen molar-refractivity contribution in [3.63, 3.8) is 0 Å². The zero-order valence-electron chi connectivity index (χ0n) is 11.6. The zero-order chi connectivity index (χ0) is 15.8. The number of carboxylic acid groups (broad SMARTS) is 2. The summed E-state index contributed by atoms with van der Waals surface area (Å²) < 4.78 is 13.5. The summed E-state index contributed by atoms with van der Waals surface area (Å²) in [5.41, 5.74) is 0.380. The molecule has 0 aromatic heterocycles. The fourth-order valence-electron chi connectivity index (χ4n) is 1.43. The van der Waals surface area contributed by atoms with E-state index < -0.39 is 38.9 Å². The van der Waals surface area contributed by atoms with Crippen LogP contribution in [0.15, 0.2) is 48.5 Å². The van der Waals surface area contributed by atoms with Gasteiger partial charge in [0, 0.05) is 0 Å². The van der Waals surface area contributed by atoms with Gasteiger partial charge < -0.3 is 5.11 Å². The average molecular weight is 415 g/mol. The SMILES string of the molecule is F.O=C(O)c1cccc(F)c1.[CH3][Sn][c]1cccc(C(=O)O)c1. The maximum absolute atomic E-state index is 12.3. The van der Waals surface area contributed by atoms with Crippen LogP contribution in [0.1, 0.15) is 20.7 Å². The molecule has 0 aliphatic carbocycles. The molecule has 2 N–H and O–H groups in total. The molecule has 0 bridgehead atoms. The fraction of sp³-hybridized carbons (Fsp3) is 0.0667. The van der Waals surface area contributed by atoms with E-state index in [1.165, 1.54) is 21.8 Å². The molecule has 0 amide bonds. The second-order valence-corrected chi connectivity index (χ2v) is 7.03. The van der Waals surface area contributed by atoms with Crippen LogP contribution in [-0.4, -0.2) is 43.3 Å². The Morgan fingerprint density at radius 3 is 1.86 bits per heavy atom. The first kappa shape index (κ1) is 20.0. The Hall–Kier alpha value is -1.96. The summed E-state index contributed by atoms with van der Waals surface area (Å²) in [6, 6.07) is 12.1. The number of carboxylic acids is 2. The topological polar surface area (TPSA) is 74.6 Å². The standard InChI is InChI=1S/C7H5FO2.C7H5O2.CH3.FH.Sn/c8-6-3-1-2-5(4-6)7(9)10;8-7(9)6-4-2-1-3-5-6;;;/h1-4H,(H,9,10);1-2,4-5H,(H,8,9);1H3;1H;. The number of aromatic carboxylic acids is 2. The van der Waals surface area contributed by atoms with E-state index >= 15 is 0 Å². The molecule has 0 saturated carbocycles. The third-order valence-corrected chi connectivity index (χ3v) is 5.01. The Morgan fingerprint density at radius 1 is 0.955 bits per heavy atom. The van der Waals surface area contributed by atoms with Gasteiger partial charge >= 0.3 is 81.3 Å². The summed E-state index contributed by atoms with van der Waals surface area (Å²) in [6.07, 6.45) is 0. The van der Waals surface area contributed by atoms with Crippen LogP contribution < -0.4 is 3.58 Å². The molecule has 0 spiro atoms. The number of hydrogen-bond donors (Lipinski definition) is 2. The summed E-state index contributed by atoms with van der Waals surface area (Å²) in [5, 5.41) is 17.0. The van der Waals surface area contributed by atoms with E-state index in [0.717, 1.165) is 6.07 Å². The molecule has 2 radical (unpaired) electrons. The summed E-state index contributed by atoms with van der Waals surface area (Å²) in [7, 11) is 0. The molecule has 2 aromatic carbocycles. The molecule has 0 heterocycles. The van der Waals surface area contributed by atoms with Crippen LogP contribution >= 0.6 is 0 Å². The van der Waals surface area contributed by atoms with Crippen molar-refractivity contribution in [3.05, 3.63) is 65.5 Å². The third kappa shape index (κ3) is 6.66. The number of carbonyl (C=O) groups is 2. The minimum atomic E-state index is -1.11. The van der Waals surface area contributed by atoms with Gasteiger partial charge in [-0.25, -0.2) is 9.18 Å². The van der Waals surface area contributed by atoms with Crippen molar-refractivity contribution in [2.45, 2.75) is 4.94 Å². The second-order valence-electron chi connectivity index (χ2n) is 3.95. The Balaban J connectivity index is 0.000000385. The molecule has 0 unspecified atom stereocenters. The van der Waals surface area contributed by atoms with Crippen LogP contribution in [0, 0.1) is 5.82 Å². The minimum absolute atomic E-state index is 0. The van der Waals surface area contributed by atoms with Gasteiger partial charge in [0.15, 0.2) is 0 Å². The molecule has 22 heavy (non-hydrogen) atoms. The number of benzene rings is 2. The van der Waals surface area contributed by atoms with Crippen molar-refractivity contribution >= 4 is 36.7 Å². The number of halogens is 2. The Bertz CT molecular complexity index is 647. The number of rotatable bonds is 3. The van der Waals surface area contributed by atoms with Gasteiger partial charge in [0.25, 0.3) is 0 Å². The summed E-state index contributed by atoms with van der Waals surface area (Å²) in [4.78, 5) is 22.8. The van der Waals surface area contributed by atoms with E-state index in [-0.39, 0.29) is 10.3 Å². The Kier molecular flexibility index (Phi) is 9.00. The average Bonchev–Trinajstić information content (AvgIpc) is 2.48. The van der Waals surface area contributed by atoms with Gasteiger partial charge in [0.05, 0.1) is 5.56 Å². The van der Waals surface area contributed by atoms with Gasteiger partial charge in [-0.2, -0.15) is 0 Å². The van der Waals surface area contributed by atoms with Crippen molar-refractivity contribution in [1.82, 2.24) is 0 Å². The van der Waals surface area contributed by atoms with Crippen molar-refractivity contribution < 1.29 is 28.9 Å². The summed E-state index contributed by atoms with van der Waals surface area (Å²) >= 11 is -0.472. The van der Waals surface area contributed by atoms with Crippen LogP contribution in [0.2, 0.25) is 4.94 Å².